The van der Waals surface area contributed by atoms with Gasteiger partial charge in [-0.2, -0.15) is 0 Å². The summed E-state index contributed by atoms with van der Waals surface area (Å²) in [5.41, 5.74) is 2.16. The fraction of sp³-hybridized carbons (Fsp3) is 0.0769. The first-order valence-electron chi connectivity index (χ1n) is 5.27. The number of nitrogens with zero attached hydrogens (tertiary/aromatic N) is 2. The number of benzene rings is 1. The first-order valence-corrected chi connectivity index (χ1v) is 6.44. The van der Waals surface area contributed by atoms with Gasteiger partial charge in [-0.3, -0.25) is 0 Å². The molecule has 0 amide bonds. The lowest BCUT2D eigenvalue weighted by molar-refractivity contribution is 0.318. The Labute approximate surface area is 118 Å². The van der Waals surface area contributed by atoms with Crippen LogP contribution in [0.5, 0.6) is 0 Å². The average Bonchev–Trinajstić information content (AvgIpc) is 2.37. The first kappa shape index (κ1) is 13.1. The molecule has 0 bridgehead atoms. The smallest absolute Gasteiger partial charge is 0.129 e. The predicted molar refractivity (Wildman–Crippen MR) is 75.4 cm³/mol. The van der Waals surface area contributed by atoms with Gasteiger partial charge in [-0.25, -0.2) is 4.98 Å². The number of aromatic nitrogens is 1. The second kappa shape index (κ2) is 5.98. The molecule has 0 saturated carbocycles. The van der Waals surface area contributed by atoms with Gasteiger partial charge in [-0.15, -0.1) is 0 Å². The molecule has 1 heterocycles. The van der Waals surface area contributed by atoms with Crippen molar-refractivity contribution < 1.29 is 5.21 Å². The lowest BCUT2D eigenvalue weighted by Crippen LogP contribution is -2.06. The lowest BCUT2D eigenvalue weighted by atomic mass is 10.1. The number of hydrogen-bond acceptors (Lipinski definition) is 3. The Morgan fingerprint density at radius 1 is 1.22 bits per heavy atom. The Morgan fingerprint density at radius 3 is 2.56 bits per heavy atom. The third-order valence-corrected chi connectivity index (χ3v) is 3.16. The molecule has 1 aromatic heterocycles. The molecule has 0 unspecified atom stereocenters. The molecule has 0 aliphatic carbocycles. The van der Waals surface area contributed by atoms with Crippen LogP contribution in [-0.2, 0) is 6.42 Å². The second-order valence-electron chi connectivity index (χ2n) is 3.68. The molecule has 0 saturated heterocycles. The van der Waals surface area contributed by atoms with Crippen LogP contribution in [0.4, 0.5) is 0 Å². The van der Waals surface area contributed by atoms with Crippen molar-refractivity contribution in [2.45, 2.75) is 6.42 Å². The molecule has 2 rings (SSSR count). The van der Waals surface area contributed by atoms with Gasteiger partial charge in [-0.1, -0.05) is 50.9 Å². The highest BCUT2D eigenvalue weighted by atomic mass is 79.9. The van der Waals surface area contributed by atoms with E-state index in [1.54, 1.807) is 6.07 Å². The van der Waals surface area contributed by atoms with Crippen molar-refractivity contribution in [1.82, 2.24) is 4.98 Å². The van der Waals surface area contributed by atoms with Gasteiger partial charge < -0.3 is 5.21 Å². The quantitative estimate of drug-likeness (QED) is 0.402. The molecule has 3 nitrogen and oxygen atoms in total. The Bertz CT molecular complexity index is 569. The van der Waals surface area contributed by atoms with Crippen LogP contribution >= 0.6 is 27.5 Å². The maximum absolute atomic E-state index is 9.09. The summed E-state index contributed by atoms with van der Waals surface area (Å²) in [5, 5.41) is 12.9. The minimum atomic E-state index is 0.429. The van der Waals surface area contributed by atoms with Crippen molar-refractivity contribution in [1.29, 1.82) is 0 Å². The molecule has 0 aliphatic rings. The van der Waals surface area contributed by atoms with E-state index in [-0.39, 0.29) is 0 Å². The normalized spacial score (nSPS) is 11.6. The van der Waals surface area contributed by atoms with E-state index < -0.39 is 0 Å². The van der Waals surface area contributed by atoms with Crippen molar-refractivity contribution in [3.63, 3.8) is 0 Å². The summed E-state index contributed by atoms with van der Waals surface area (Å²) in [6.45, 7) is 0. The molecule has 1 N–H and O–H groups in total. The van der Waals surface area contributed by atoms with Crippen LogP contribution in [0.25, 0.3) is 0 Å². The van der Waals surface area contributed by atoms with Crippen LogP contribution in [-0.4, -0.2) is 15.9 Å². The van der Waals surface area contributed by atoms with Gasteiger partial charge in [0.1, 0.15) is 5.15 Å². The van der Waals surface area contributed by atoms with E-state index in [2.05, 4.69) is 26.1 Å². The molecule has 18 heavy (non-hydrogen) atoms. The van der Waals surface area contributed by atoms with E-state index in [0.717, 1.165) is 15.7 Å². The Balaban J connectivity index is 2.23. The van der Waals surface area contributed by atoms with Crippen molar-refractivity contribution in [3.8, 4) is 0 Å². The molecule has 2 aromatic rings. The van der Waals surface area contributed by atoms with Gasteiger partial charge in [-0.05, 0) is 29.8 Å². The van der Waals surface area contributed by atoms with Gasteiger partial charge in [0, 0.05) is 16.6 Å². The van der Waals surface area contributed by atoms with E-state index in [1.165, 1.54) is 0 Å². The topological polar surface area (TPSA) is 45.5 Å². The number of oxime groups is 1. The minimum absolute atomic E-state index is 0.429. The largest absolute Gasteiger partial charge is 0.411 e. The number of pyridine rings is 1. The molecule has 0 spiro atoms. The van der Waals surface area contributed by atoms with Gasteiger partial charge in [0.25, 0.3) is 0 Å². The van der Waals surface area contributed by atoms with Crippen LogP contribution < -0.4 is 0 Å². The van der Waals surface area contributed by atoms with Crippen LogP contribution in [0.15, 0.2) is 52.1 Å². The third-order valence-electron chi connectivity index (χ3n) is 2.42. The van der Waals surface area contributed by atoms with Crippen molar-refractivity contribution in [2.75, 3.05) is 0 Å². The van der Waals surface area contributed by atoms with E-state index in [1.807, 2.05) is 36.4 Å². The molecular formula is C13H10BrClN2O. The van der Waals surface area contributed by atoms with Crippen LogP contribution in [0.1, 0.15) is 11.3 Å². The summed E-state index contributed by atoms with van der Waals surface area (Å²) < 4.78 is 0.976. The van der Waals surface area contributed by atoms with Gasteiger partial charge >= 0.3 is 0 Å². The number of halogens is 2. The molecule has 0 atom stereocenters. The zero-order valence-corrected chi connectivity index (χ0v) is 11.7. The zero-order chi connectivity index (χ0) is 13.0. The van der Waals surface area contributed by atoms with Crippen LogP contribution in [0, 0.1) is 0 Å². The number of rotatable bonds is 3. The summed E-state index contributed by atoms with van der Waals surface area (Å²) in [6, 6.07) is 12.9. The summed E-state index contributed by atoms with van der Waals surface area (Å²) >= 11 is 9.18. The first-order chi connectivity index (χ1) is 8.69. The maximum Gasteiger partial charge on any atom is 0.129 e. The van der Waals surface area contributed by atoms with Gasteiger partial charge in [0.2, 0.25) is 0 Å². The lowest BCUT2D eigenvalue weighted by Gasteiger charge is -2.05. The van der Waals surface area contributed by atoms with Crippen LogP contribution in [0.3, 0.4) is 0 Å². The highest BCUT2D eigenvalue weighted by Crippen LogP contribution is 2.14. The molecular weight excluding hydrogens is 316 g/mol. The highest BCUT2D eigenvalue weighted by Gasteiger charge is 2.07. The van der Waals surface area contributed by atoms with Crippen molar-refractivity contribution >= 4 is 33.2 Å². The van der Waals surface area contributed by atoms with E-state index in [4.69, 9.17) is 16.8 Å². The Morgan fingerprint density at radius 2 is 1.94 bits per heavy atom. The maximum atomic E-state index is 9.09. The standard InChI is InChI=1S/C13H10BrClN2O/c14-10-6-4-9(5-7-10)12(17-18)8-11-2-1-3-13(15)16-11/h1-7,18H,8H2/b17-12+. The Hall–Kier alpha value is -1.39. The second-order valence-corrected chi connectivity index (χ2v) is 4.98. The summed E-state index contributed by atoms with van der Waals surface area (Å²) in [6.07, 6.45) is 0.429. The van der Waals surface area contributed by atoms with Crippen LogP contribution in [0.2, 0.25) is 5.15 Å². The fourth-order valence-corrected chi connectivity index (χ4v) is 2.00. The Kier molecular flexibility index (Phi) is 4.33. The number of hydrogen-bond donors (Lipinski definition) is 1. The van der Waals surface area contributed by atoms with Crippen molar-refractivity contribution in [2.24, 2.45) is 5.16 Å². The van der Waals surface area contributed by atoms with Gasteiger partial charge in [0.05, 0.1) is 5.71 Å². The van der Waals surface area contributed by atoms with E-state index >= 15 is 0 Å². The summed E-state index contributed by atoms with van der Waals surface area (Å²) in [5.74, 6) is 0. The highest BCUT2D eigenvalue weighted by molar-refractivity contribution is 9.10. The zero-order valence-electron chi connectivity index (χ0n) is 9.35. The van der Waals surface area contributed by atoms with Crippen molar-refractivity contribution in [3.05, 3.63) is 63.3 Å². The van der Waals surface area contributed by atoms with Gasteiger partial charge in [0.15, 0.2) is 0 Å². The molecule has 0 aliphatic heterocycles. The average molecular weight is 326 g/mol. The van der Waals surface area contributed by atoms with E-state index in [0.29, 0.717) is 17.3 Å². The third kappa shape index (κ3) is 3.31. The monoisotopic (exact) mass is 324 g/mol. The molecule has 0 radical (unpaired) electrons. The minimum Gasteiger partial charge on any atom is -0.411 e. The molecule has 92 valence electrons. The summed E-state index contributed by atoms with van der Waals surface area (Å²) in [7, 11) is 0. The molecule has 1 aromatic carbocycles. The SMILES string of the molecule is O/N=C(\Cc1cccc(Cl)n1)c1ccc(Br)cc1. The predicted octanol–water partition coefficient (Wildman–Crippen LogP) is 3.92. The molecule has 5 heteroatoms. The fourth-order valence-electron chi connectivity index (χ4n) is 1.56. The molecule has 0 fully saturated rings. The summed E-state index contributed by atoms with van der Waals surface area (Å²) in [4.78, 5) is 4.17. The van der Waals surface area contributed by atoms with E-state index in [9.17, 15) is 0 Å².